The normalized spacial score (nSPS) is 11.3. The Balaban J connectivity index is 2.73. The molecule has 0 aliphatic heterocycles. The molecule has 15 heavy (non-hydrogen) atoms. The summed E-state index contributed by atoms with van der Waals surface area (Å²) in [4.78, 5) is 14.1. The molecule has 1 rings (SSSR count). The standard InChI is InChI=1S/C6H9N3O4S2/c1-7-15(12,13)9-6-8-4(3-14-6)2-5(10)11/h3,7H,2H2,1H3,(H,8,9)(H,10,11). The van der Waals surface area contributed by atoms with Crippen LogP contribution in [0, 0.1) is 0 Å². The first kappa shape index (κ1) is 11.9. The second-order valence-corrected chi connectivity index (χ2v) is 5.00. The van der Waals surface area contributed by atoms with Gasteiger partial charge in [-0.05, 0) is 0 Å². The number of aromatic nitrogens is 1. The molecule has 0 bridgehead atoms. The molecule has 0 fully saturated rings. The molecule has 0 amide bonds. The van der Waals surface area contributed by atoms with Crippen LogP contribution in [0.5, 0.6) is 0 Å². The van der Waals surface area contributed by atoms with Crippen LogP contribution in [0.25, 0.3) is 0 Å². The monoisotopic (exact) mass is 251 g/mol. The van der Waals surface area contributed by atoms with Gasteiger partial charge in [-0.15, -0.1) is 11.3 Å². The van der Waals surface area contributed by atoms with Gasteiger partial charge >= 0.3 is 16.2 Å². The fourth-order valence-corrected chi connectivity index (χ4v) is 2.21. The van der Waals surface area contributed by atoms with Crippen molar-refractivity contribution < 1.29 is 18.3 Å². The summed E-state index contributed by atoms with van der Waals surface area (Å²) in [6.07, 6.45) is -0.224. The van der Waals surface area contributed by atoms with Crippen LogP contribution in [-0.2, 0) is 21.4 Å². The van der Waals surface area contributed by atoms with Crippen molar-refractivity contribution in [3.05, 3.63) is 11.1 Å². The Morgan fingerprint density at radius 3 is 2.87 bits per heavy atom. The van der Waals surface area contributed by atoms with Crippen molar-refractivity contribution in [2.75, 3.05) is 11.8 Å². The van der Waals surface area contributed by atoms with Crippen molar-refractivity contribution in [1.82, 2.24) is 9.71 Å². The Kier molecular flexibility index (Phi) is 3.61. The van der Waals surface area contributed by atoms with Gasteiger partial charge in [0, 0.05) is 12.4 Å². The number of hydrogen-bond acceptors (Lipinski definition) is 5. The smallest absolute Gasteiger partial charge is 0.309 e. The third-order valence-electron chi connectivity index (χ3n) is 1.37. The third-order valence-corrected chi connectivity index (χ3v) is 3.31. The molecule has 0 atom stereocenters. The molecule has 3 N–H and O–H groups in total. The Morgan fingerprint density at radius 1 is 1.67 bits per heavy atom. The van der Waals surface area contributed by atoms with Crippen LogP contribution in [0.4, 0.5) is 5.13 Å². The maximum Gasteiger partial charge on any atom is 0.309 e. The highest BCUT2D eigenvalue weighted by molar-refractivity contribution is 7.91. The van der Waals surface area contributed by atoms with E-state index in [4.69, 9.17) is 5.11 Å². The first-order valence-corrected chi connectivity index (χ1v) is 6.16. The number of aliphatic carboxylic acids is 1. The van der Waals surface area contributed by atoms with Crippen LogP contribution in [0.1, 0.15) is 5.69 Å². The highest BCUT2D eigenvalue weighted by Gasteiger charge is 2.11. The van der Waals surface area contributed by atoms with Gasteiger partial charge in [-0.25, -0.2) is 14.4 Å². The predicted molar refractivity (Wildman–Crippen MR) is 55.1 cm³/mol. The third kappa shape index (κ3) is 3.81. The van der Waals surface area contributed by atoms with E-state index in [-0.39, 0.29) is 11.6 Å². The lowest BCUT2D eigenvalue weighted by molar-refractivity contribution is -0.136. The zero-order valence-corrected chi connectivity index (χ0v) is 9.35. The Hall–Kier alpha value is -1.19. The summed E-state index contributed by atoms with van der Waals surface area (Å²) in [5, 5.41) is 10.1. The van der Waals surface area contributed by atoms with E-state index in [0.717, 1.165) is 11.3 Å². The molecule has 1 aromatic rings. The minimum atomic E-state index is -3.59. The zero-order chi connectivity index (χ0) is 11.5. The van der Waals surface area contributed by atoms with Crippen molar-refractivity contribution in [2.24, 2.45) is 0 Å². The average molecular weight is 251 g/mol. The molecule has 0 unspecified atom stereocenters. The van der Waals surface area contributed by atoms with Crippen LogP contribution >= 0.6 is 11.3 Å². The first-order valence-electron chi connectivity index (χ1n) is 3.80. The topological polar surface area (TPSA) is 108 Å². The van der Waals surface area contributed by atoms with E-state index < -0.39 is 16.2 Å². The summed E-state index contributed by atoms with van der Waals surface area (Å²) in [6.45, 7) is 0. The van der Waals surface area contributed by atoms with E-state index in [2.05, 4.69) is 14.4 Å². The van der Waals surface area contributed by atoms with Crippen molar-refractivity contribution >= 4 is 32.6 Å². The lowest BCUT2D eigenvalue weighted by Gasteiger charge is -2.00. The van der Waals surface area contributed by atoms with E-state index >= 15 is 0 Å². The molecule has 0 aliphatic carbocycles. The van der Waals surface area contributed by atoms with Crippen LogP contribution in [0.3, 0.4) is 0 Å². The van der Waals surface area contributed by atoms with Crippen molar-refractivity contribution in [3.8, 4) is 0 Å². The van der Waals surface area contributed by atoms with Crippen LogP contribution in [-0.4, -0.2) is 31.5 Å². The maximum atomic E-state index is 11.0. The molecule has 0 spiro atoms. The molecule has 0 radical (unpaired) electrons. The highest BCUT2D eigenvalue weighted by Crippen LogP contribution is 2.16. The fraction of sp³-hybridized carbons (Fsp3) is 0.333. The molecule has 0 saturated heterocycles. The number of carboxylic acid groups (broad SMARTS) is 1. The molecule has 7 nitrogen and oxygen atoms in total. The summed E-state index contributed by atoms with van der Waals surface area (Å²) in [6, 6.07) is 0. The van der Waals surface area contributed by atoms with Crippen LogP contribution in [0.2, 0.25) is 0 Å². The number of nitrogens with zero attached hydrogens (tertiary/aromatic N) is 1. The SMILES string of the molecule is CNS(=O)(=O)Nc1nc(CC(=O)O)cs1. The Labute approximate surface area is 90.3 Å². The van der Waals surface area contributed by atoms with Crippen molar-refractivity contribution in [1.29, 1.82) is 0 Å². The number of carboxylic acids is 1. The summed E-state index contributed by atoms with van der Waals surface area (Å²) in [5.74, 6) is -1.01. The van der Waals surface area contributed by atoms with E-state index in [1.165, 1.54) is 12.4 Å². The van der Waals surface area contributed by atoms with Gasteiger partial charge in [-0.2, -0.15) is 8.42 Å². The molecule has 9 heteroatoms. The molecule has 0 aliphatic rings. The van der Waals surface area contributed by atoms with E-state index in [0.29, 0.717) is 5.69 Å². The first-order chi connectivity index (χ1) is 6.93. The van der Waals surface area contributed by atoms with E-state index in [9.17, 15) is 13.2 Å². The minimum absolute atomic E-state index is 0.139. The van der Waals surface area contributed by atoms with Gasteiger partial charge in [0.15, 0.2) is 5.13 Å². The molecule has 0 saturated carbocycles. The predicted octanol–water partition coefficient (Wildman–Crippen LogP) is -0.354. The van der Waals surface area contributed by atoms with Gasteiger partial charge in [-0.3, -0.25) is 4.79 Å². The molecule has 1 heterocycles. The van der Waals surface area contributed by atoms with E-state index in [1.54, 1.807) is 0 Å². The molecule has 0 aromatic carbocycles. The summed E-state index contributed by atoms with van der Waals surface area (Å²) < 4.78 is 26.2. The zero-order valence-electron chi connectivity index (χ0n) is 7.72. The minimum Gasteiger partial charge on any atom is -0.481 e. The van der Waals surface area contributed by atoms with Gasteiger partial charge in [-0.1, -0.05) is 0 Å². The number of anilines is 1. The number of rotatable bonds is 5. The fourth-order valence-electron chi connectivity index (χ4n) is 0.756. The second-order valence-electron chi connectivity index (χ2n) is 2.52. The van der Waals surface area contributed by atoms with Gasteiger partial charge < -0.3 is 5.11 Å². The molecular weight excluding hydrogens is 242 g/mol. The van der Waals surface area contributed by atoms with Crippen molar-refractivity contribution in [3.63, 3.8) is 0 Å². The van der Waals surface area contributed by atoms with Crippen LogP contribution in [0.15, 0.2) is 5.38 Å². The number of carbonyl (C=O) groups is 1. The van der Waals surface area contributed by atoms with E-state index in [1.807, 2.05) is 0 Å². The van der Waals surface area contributed by atoms with Crippen molar-refractivity contribution in [2.45, 2.75) is 6.42 Å². The summed E-state index contributed by atoms with van der Waals surface area (Å²) >= 11 is 1.03. The van der Waals surface area contributed by atoms with Gasteiger partial charge in [0.2, 0.25) is 0 Å². The van der Waals surface area contributed by atoms with Gasteiger partial charge in [0.1, 0.15) is 0 Å². The largest absolute Gasteiger partial charge is 0.481 e. The molecular formula is C6H9N3O4S2. The Bertz CT molecular complexity index is 453. The number of nitrogens with one attached hydrogen (secondary N) is 2. The molecule has 84 valence electrons. The lowest BCUT2D eigenvalue weighted by Crippen LogP contribution is -2.26. The van der Waals surface area contributed by atoms with Gasteiger partial charge in [0.05, 0.1) is 12.1 Å². The summed E-state index contributed by atoms with van der Waals surface area (Å²) in [5.41, 5.74) is 0.321. The average Bonchev–Trinajstić information content (AvgIpc) is 2.50. The number of hydrogen-bond donors (Lipinski definition) is 3. The molecule has 1 aromatic heterocycles. The lowest BCUT2D eigenvalue weighted by atomic mass is 10.3. The maximum absolute atomic E-state index is 11.0. The second kappa shape index (κ2) is 4.55. The highest BCUT2D eigenvalue weighted by atomic mass is 32.2. The van der Waals surface area contributed by atoms with Crippen LogP contribution < -0.4 is 9.44 Å². The van der Waals surface area contributed by atoms with Gasteiger partial charge in [0.25, 0.3) is 0 Å². The summed E-state index contributed by atoms with van der Waals surface area (Å²) in [7, 11) is -2.33. The quantitative estimate of drug-likeness (QED) is 0.662. The Morgan fingerprint density at radius 2 is 2.33 bits per heavy atom. The number of thiazole rings is 1.